The smallest absolute Gasteiger partial charge is 0.349 e. The van der Waals surface area contributed by atoms with Gasteiger partial charge in [0.25, 0.3) is 5.91 Å². The zero-order valence-corrected chi connectivity index (χ0v) is 12.4. The molecule has 0 radical (unpaired) electrons. The number of benzene rings is 1. The Bertz CT molecular complexity index is 671. The normalized spacial score (nSPS) is 10.9. The Hall–Kier alpha value is -2.34. The van der Waals surface area contributed by atoms with Gasteiger partial charge in [-0.1, -0.05) is 30.3 Å². The Morgan fingerprint density at radius 2 is 1.95 bits per heavy atom. The minimum absolute atomic E-state index is 0.241. The first-order chi connectivity index (χ1) is 10.0. The molecule has 1 aromatic heterocycles. The summed E-state index contributed by atoms with van der Waals surface area (Å²) >= 11 is 0. The first kappa shape index (κ1) is 15.1. The van der Waals surface area contributed by atoms with Gasteiger partial charge in [-0.05, 0) is 19.7 Å². The number of carbonyl (C=O) groups excluding carboxylic acids is 1. The molecule has 1 amide bonds. The van der Waals surface area contributed by atoms with Crippen molar-refractivity contribution < 1.29 is 9.32 Å². The summed E-state index contributed by atoms with van der Waals surface area (Å²) in [5.41, 5.74) is 0.691. The number of carbonyl (C=O) groups is 1. The number of nitrogens with one attached hydrogen (secondary N) is 1. The Morgan fingerprint density at radius 1 is 1.29 bits per heavy atom. The van der Waals surface area contributed by atoms with Crippen LogP contribution in [-0.4, -0.2) is 42.7 Å². The molecular weight excluding hydrogens is 270 g/mol. The summed E-state index contributed by atoms with van der Waals surface area (Å²) in [5.74, 6) is -0.316. The van der Waals surface area contributed by atoms with E-state index < -0.39 is 5.63 Å². The molecule has 0 saturated heterocycles. The number of rotatable bonds is 5. The summed E-state index contributed by atoms with van der Waals surface area (Å²) in [5, 5.41) is 2.79. The minimum Gasteiger partial charge on any atom is -0.349 e. The highest BCUT2D eigenvalue weighted by Crippen LogP contribution is 2.20. The Morgan fingerprint density at radius 3 is 2.57 bits per heavy atom. The van der Waals surface area contributed by atoms with E-state index in [0.717, 1.165) is 6.54 Å². The molecule has 1 N–H and O–H groups in total. The van der Waals surface area contributed by atoms with Crippen LogP contribution >= 0.6 is 0 Å². The topological polar surface area (TPSA) is 67.5 Å². The van der Waals surface area contributed by atoms with Crippen LogP contribution < -0.4 is 10.9 Å². The molecule has 0 aliphatic carbocycles. The van der Waals surface area contributed by atoms with Gasteiger partial charge in [-0.3, -0.25) is 4.79 Å². The van der Waals surface area contributed by atoms with Crippen LogP contribution in [0.1, 0.15) is 10.5 Å². The second-order valence-corrected chi connectivity index (χ2v) is 5.03. The van der Waals surface area contributed by atoms with Crippen LogP contribution in [0.4, 0.5) is 0 Å². The average molecular weight is 289 g/mol. The first-order valence-corrected chi connectivity index (χ1v) is 6.69. The van der Waals surface area contributed by atoms with Crippen molar-refractivity contribution in [2.24, 2.45) is 7.05 Å². The number of aromatic nitrogens is 1. The lowest BCUT2D eigenvalue weighted by molar-refractivity contribution is 0.0931. The number of nitrogens with zero attached hydrogens (tertiary/aromatic N) is 2. The fraction of sp³-hybridized carbons (Fsp3) is 0.333. The van der Waals surface area contributed by atoms with E-state index in [2.05, 4.69) is 5.32 Å². The van der Waals surface area contributed by atoms with Gasteiger partial charge in [-0.25, -0.2) is 9.53 Å². The van der Waals surface area contributed by atoms with Gasteiger partial charge in [0.2, 0.25) is 0 Å². The molecule has 21 heavy (non-hydrogen) atoms. The fourth-order valence-corrected chi connectivity index (χ4v) is 2.06. The summed E-state index contributed by atoms with van der Waals surface area (Å²) in [6, 6.07) is 9.04. The number of likely N-dealkylation sites (N-methyl/N-ethyl adjacent to an activating group) is 1. The second-order valence-electron chi connectivity index (χ2n) is 5.03. The fourth-order valence-electron chi connectivity index (χ4n) is 2.06. The first-order valence-electron chi connectivity index (χ1n) is 6.69. The summed E-state index contributed by atoms with van der Waals surface area (Å²) in [6.45, 7) is 1.22. The third-order valence-electron chi connectivity index (χ3n) is 3.10. The highest BCUT2D eigenvalue weighted by molar-refractivity contribution is 5.98. The van der Waals surface area contributed by atoms with E-state index in [1.165, 1.54) is 4.74 Å². The maximum Gasteiger partial charge on any atom is 0.366 e. The maximum atomic E-state index is 12.3. The van der Waals surface area contributed by atoms with E-state index in [1.807, 2.05) is 37.2 Å². The van der Waals surface area contributed by atoms with Crippen LogP contribution in [0.25, 0.3) is 11.1 Å². The maximum absolute atomic E-state index is 12.3. The predicted octanol–water partition coefficient (Wildman–Crippen LogP) is 0.937. The third kappa shape index (κ3) is 3.41. The van der Waals surface area contributed by atoms with Crippen LogP contribution in [0.3, 0.4) is 0 Å². The lowest BCUT2D eigenvalue weighted by atomic mass is 10.1. The molecule has 0 bridgehead atoms. The van der Waals surface area contributed by atoms with Crippen molar-refractivity contribution in [3.05, 3.63) is 46.4 Å². The highest BCUT2D eigenvalue weighted by Gasteiger charge is 2.22. The lowest BCUT2D eigenvalue weighted by Crippen LogP contribution is -2.32. The number of amides is 1. The van der Waals surface area contributed by atoms with Crippen LogP contribution in [0, 0.1) is 0 Å². The van der Waals surface area contributed by atoms with Gasteiger partial charge >= 0.3 is 5.63 Å². The SMILES string of the molecule is CN(C)CCNC(=O)c1c(-c2ccccc2)c(=O)on1C. The summed E-state index contributed by atoms with van der Waals surface area (Å²) < 4.78 is 6.26. The van der Waals surface area contributed by atoms with Crippen LogP contribution in [0.5, 0.6) is 0 Å². The largest absolute Gasteiger partial charge is 0.366 e. The predicted molar refractivity (Wildman–Crippen MR) is 80.3 cm³/mol. The Kier molecular flexibility index (Phi) is 4.59. The van der Waals surface area contributed by atoms with Gasteiger partial charge in [0.1, 0.15) is 5.56 Å². The van der Waals surface area contributed by atoms with E-state index in [9.17, 15) is 9.59 Å². The van der Waals surface area contributed by atoms with Crippen molar-refractivity contribution >= 4 is 5.91 Å². The second kappa shape index (κ2) is 6.41. The quantitative estimate of drug-likeness (QED) is 0.889. The van der Waals surface area contributed by atoms with Gasteiger partial charge in [-0.2, -0.15) is 0 Å². The molecule has 112 valence electrons. The molecule has 0 spiro atoms. The standard InChI is InChI=1S/C15H19N3O3/c1-17(2)10-9-16-14(19)13-12(15(20)21-18(13)3)11-7-5-4-6-8-11/h4-8H,9-10H2,1-3H3,(H,16,19). The molecule has 2 aromatic rings. The van der Waals surface area contributed by atoms with E-state index >= 15 is 0 Å². The number of aryl methyl sites for hydroxylation is 1. The van der Waals surface area contributed by atoms with E-state index in [-0.39, 0.29) is 11.6 Å². The molecule has 0 atom stereocenters. The van der Waals surface area contributed by atoms with E-state index in [4.69, 9.17) is 4.52 Å². The summed E-state index contributed by atoms with van der Waals surface area (Å²) in [4.78, 5) is 26.2. The highest BCUT2D eigenvalue weighted by atomic mass is 16.5. The van der Waals surface area contributed by atoms with Crippen molar-refractivity contribution in [2.75, 3.05) is 27.2 Å². The van der Waals surface area contributed by atoms with Gasteiger partial charge in [-0.15, -0.1) is 0 Å². The van der Waals surface area contributed by atoms with Crippen LogP contribution in [-0.2, 0) is 7.05 Å². The molecule has 0 fully saturated rings. The molecule has 1 heterocycles. The molecule has 0 unspecified atom stereocenters. The van der Waals surface area contributed by atoms with E-state index in [1.54, 1.807) is 19.2 Å². The molecule has 2 rings (SSSR count). The summed E-state index contributed by atoms with van der Waals surface area (Å²) in [7, 11) is 5.40. The van der Waals surface area contributed by atoms with Crippen molar-refractivity contribution in [3.8, 4) is 11.1 Å². The molecule has 1 aromatic carbocycles. The molecule has 0 saturated carbocycles. The van der Waals surface area contributed by atoms with Gasteiger partial charge in [0.15, 0.2) is 5.69 Å². The third-order valence-corrected chi connectivity index (χ3v) is 3.10. The van der Waals surface area contributed by atoms with Gasteiger partial charge in [0, 0.05) is 20.1 Å². The molecule has 0 aliphatic heterocycles. The minimum atomic E-state index is -0.513. The van der Waals surface area contributed by atoms with Crippen LogP contribution in [0.2, 0.25) is 0 Å². The van der Waals surface area contributed by atoms with Gasteiger partial charge in [0.05, 0.1) is 0 Å². The molecule has 0 aliphatic rings. The zero-order chi connectivity index (χ0) is 15.4. The monoisotopic (exact) mass is 289 g/mol. The lowest BCUT2D eigenvalue weighted by Gasteiger charge is -2.10. The zero-order valence-electron chi connectivity index (χ0n) is 12.4. The van der Waals surface area contributed by atoms with Crippen LogP contribution in [0.15, 0.2) is 39.6 Å². The van der Waals surface area contributed by atoms with E-state index in [0.29, 0.717) is 17.7 Å². The number of hydrogen-bond acceptors (Lipinski definition) is 4. The Labute approximate surface area is 122 Å². The molecular formula is C15H19N3O3. The van der Waals surface area contributed by atoms with Gasteiger partial charge < -0.3 is 14.7 Å². The van der Waals surface area contributed by atoms with Crippen molar-refractivity contribution in [2.45, 2.75) is 0 Å². The average Bonchev–Trinajstić information content (AvgIpc) is 2.74. The molecule has 6 nitrogen and oxygen atoms in total. The molecule has 6 heteroatoms. The van der Waals surface area contributed by atoms with Crippen molar-refractivity contribution in [1.29, 1.82) is 0 Å². The number of hydrogen-bond donors (Lipinski definition) is 1. The summed E-state index contributed by atoms with van der Waals surface area (Å²) in [6.07, 6.45) is 0. The Balaban J connectivity index is 2.32. The van der Waals surface area contributed by atoms with Crippen molar-refractivity contribution in [3.63, 3.8) is 0 Å². The van der Waals surface area contributed by atoms with Crippen molar-refractivity contribution in [1.82, 2.24) is 15.0 Å².